The minimum Gasteiger partial charge on any atom is -0.498 e. The molecule has 0 saturated carbocycles. The summed E-state index contributed by atoms with van der Waals surface area (Å²) < 4.78 is 7.37. The van der Waals surface area contributed by atoms with Crippen LogP contribution in [0.1, 0.15) is 0 Å². The smallest absolute Gasteiger partial charge is 0.131 e. The maximum atomic E-state index is 5.56. The fourth-order valence-electron chi connectivity index (χ4n) is 0.589. The highest BCUT2D eigenvalue weighted by Gasteiger charge is 2.13. The van der Waals surface area contributed by atoms with Gasteiger partial charge in [0.2, 0.25) is 0 Å². The van der Waals surface area contributed by atoms with E-state index in [1.165, 1.54) is 9.06 Å². The third-order valence-electron chi connectivity index (χ3n) is 1.02. The van der Waals surface area contributed by atoms with E-state index in [0.717, 1.165) is 0 Å². The molecule has 4 nitrogen and oxygen atoms in total. The van der Waals surface area contributed by atoms with Gasteiger partial charge in [-0.1, -0.05) is 0 Å². The summed E-state index contributed by atoms with van der Waals surface area (Å²) in [5.74, 6) is 0.698. The topological polar surface area (TPSA) is 27.7 Å². The minimum absolute atomic E-state index is 0.487. The lowest BCUT2D eigenvalue weighted by Crippen LogP contribution is -2.42. The summed E-state index contributed by atoms with van der Waals surface area (Å²) in [4.78, 5) is 0. The first-order valence-corrected chi connectivity index (χ1v) is 3.29. The summed E-state index contributed by atoms with van der Waals surface area (Å²) in [5, 5.41) is 0. The maximum absolute atomic E-state index is 5.56. The van der Waals surface area contributed by atoms with Crippen molar-refractivity contribution in [2.45, 2.75) is 0 Å². The van der Waals surface area contributed by atoms with E-state index < -0.39 is 0 Å². The maximum Gasteiger partial charge on any atom is 0.131 e. The molecular weight excluding hydrogens is 177 g/mol. The lowest BCUT2D eigenvalue weighted by molar-refractivity contribution is 0.152. The van der Waals surface area contributed by atoms with Gasteiger partial charge in [-0.2, -0.15) is 0 Å². The molecule has 0 saturated heterocycles. The number of nitrogens with one attached hydrogen (secondary N) is 1. The number of hydrazine groups is 2. The zero-order chi connectivity index (χ0) is 7.56. The molecule has 58 valence electrons. The molecule has 0 atom stereocenters. The summed E-state index contributed by atoms with van der Waals surface area (Å²) in [5.41, 5.74) is 2.58. The summed E-state index contributed by atoms with van der Waals surface area (Å²) in [7, 11) is 1.56. The van der Waals surface area contributed by atoms with Gasteiger partial charge in [0.05, 0.1) is 19.9 Å². The van der Waals surface area contributed by atoms with E-state index in [1.54, 1.807) is 13.3 Å². The standard InChI is InChI=1S/C4H7Cl2N3O/c1-10-4-2-8(5)7-9(6)3-4/h2,7H,3H2,1H3. The molecule has 1 aliphatic heterocycles. The van der Waals surface area contributed by atoms with E-state index in [2.05, 4.69) is 5.53 Å². The van der Waals surface area contributed by atoms with Crippen molar-refractivity contribution < 1.29 is 4.74 Å². The summed E-state index contributed by atoms with van der Waals surface area (Å²) >= 11 is 11.1. The van der Waals surface area contributed by atoms with Crippen molar-refractivity contribution in [1.82, 2.24) is 14.6 Å². The van der Waals surface area contributed by atoms with E-state index in [4.69, 9.17) is 28.3 Å². The Morgan fingerprint density at radius 2 is 2.40 bits per heavy atom. The van der Waals surface area contributed by atoms with Crippen molar-refractivity contribution in [3.05, 3.63) is 12.0 Å². The van der Waals surface area contributed by atoms with Crippen LogP contribution in [0.2, 0.25) is 0 Å². The van der Waals surface area contributed by atoms with Gasteiger partial charge in [0.25, 0.3) is 0 Å². The Hall–Kier alpha value is -0.160. The summed E-state index contributed by atoms with van der Waals surface area (Å²) in [6, 6.07) is 0. The van der Waals surface area contributed by atoms with Crippen LogP contribution in [0.3, 0.4) is 0 Å². The van der Waals surface area contributed by atoms with Crippen LogP contribution in [0.4, 0.5) is 0 Å². The predicted molar refractivity (Wildman–Crippen MR) is 38.5 cm³/mol. The molecule has 1 aliphatic rings. The summed E-state index contributed by atoms with van der Waals surface area (Å²) in [6.07, 6.45) is 1.60. The number of nitrogens with zero attached hydrogens (tertiary/aromatic N) is 2. The molecule has 10 heavy (non-hydrogen) atoms. The first-order chi connectivity index (χ1) is 4.72. The minimum atomic E-state index is 0.487. The van der Waals surface area contributed by atoms with Crippen LogP contribution in [0.25, 0.3) is 0 Å². The third kappa shape index (κ3) is 1.91. The van der Waals surface area contributed by atoms with Crippen LogP contribution < -0.4 is 5.53 Å². The van der Waals surface area contributed by atoms with Crippen molar-refractivity contribution in [2.75, 3.05) is 13.7 Å². The van der Waals surface area contributed by atoms with Crippen LogP contribution in [0.15, 0.2) is 12.0 Å². The molecule has 1 rings (SSSR count). The monoisotopic (exact) mass is 183 g/mol. The average Bonchev–Trinajstić information content (AvgIpc) is 1.85. The largest absolute Gasteiger partial charge is 0.498 e. The Bertz CT molecular complexity index is 151. The van der Waals surface area contributed by atoms with Gasteiger partial charge in [0, 0.05) is 11.8 Å². The van der Waals surface area contributed by atoms with Crippen LogP contribution in [0.5, 0.6) is 0 Å². The summed E-state index contributed by atoms with van der Waals surface area (Å²) in [6.45, 7) is 0.487. The molecule has 0 aromatic rings. The Morgan fingerprint density at radius 1 is 1.70 bits per heavy atom. The molecule has 0 unspecified atom stereocenters. The predicted octanol–water partition coefficient (Wildman–Crippen LogP) is 0.819. The molecule has 0 amide bonds. The van der Waals surface area contributed by atoms with Gasteiger partial charge in [-0.25, -0.2) is 4.53 Å². The second-order valence-corrected chi connectivity index (χ2v) is 2.50. The quantitative estimate of drug-likeness (QED) is 0.610. The number of methoxy groups -OCH3 is 1. The Balaban J connectivity index is 2.56. The van der Waals surface area contributed by atoms with Crippen LogP contribution in [-0.2, 0) is 4.74 Å². The van der Waals surface area contributed by atoms with Gasteiger partial charge in [-0.05, 0) is 11.8 Å². The van der Waals surface area contributed by atoms with E-state index >= 15 is 0 Å². The van der Waals surface area contributed by atoms with Crippen molar-refractivity contribution in [1.29, 1.82) is 0 Å². The molecular formula is C4H7Cl2N3O. The van der Waals surface area contributed by atoms with Gasteiger partial charge >= 0.3 is 0 Å². The third-order valence-corrected chi connectivity index (χ3v) is 1.39. The Kier molecular flexibility index (Phi) is 2.62. The zero-order valence-corrected chi connectivity index (χ0v) is 6.85. The van der Waals surface area contributed by atoms with E-state index in [1.807, 2.05) is 0 Å². The van der Waals surface area contributed by atoms with Gasteiger partial charge in [0.1, 0.15) is 5.76 Å². The molecule has 1 N–H and O–H groups in total. The molecule has 6 heteroatoms. The number of ether oxygens (including phenoxy) is 1. The molecule has 0 aliphatic carbocycles. The van der Waals surface area contributed by atoms with E-state index in [0.29, 0.717) is 12.3 Å². The lowest BCUT2D eigenvalue weighted by atomic mass is 10.5. The Morgan fingerprint density at radius 3 is 2.90 bits per heavy atom. The highest BCUT2D eigenvalue weighted by Crippen LogP contribution is 2.09. The van der Waals surface area contributed by atoms with E-state index in [9.17, 15) is 0 Å². The Labute approximate surface area is 69.1 Å². The van der Waals surface area contributed by atoms with Crippen LogP contribution in [0, 0.1) is 0 Å². The molecule has 0 fully saturated rings. The lowest BCUT2D eigenvalue weighted by Gasteiger charge is -2.25. The number of hydrogen-bond donors (Lipinski definition) is 1. The molecule has 0 aromatic carbocycles. The van der Waals surface area contributed by atoms with Crippen LogP contribution in [-0.4, -0.2) is 22.7 Å². The van der Waals surface area contributed by atoms with Crippen molar-refractivity contribution in [3.63, 3.8) is 0 Å². The van der Waals surface area contributed by atoms with Crippen LogP contribution >= 0.6 is 23.6 Å². The van der Waals surface area contributed by atoms with Crippen molar-refractivity contribution in [2.24, 2.45) is 0 Å². The fraction of sp³-hybridized carbons (Fsp3) is 0.500. The van der Waals surface area contributed by atoms with Crippen molar-refractivity contribution in [3.8, 4) is 0 Å². The molecule has 0 spiro atoms. The number of rotatable bonds is 1. The first-order valence-electron chi connectivity index (χ1n) is 2.61. The second-order valence-electron chi connectivity index (χ2n) is 1.73. The number of halogens is 2. The molecule has 0 aromatic heterocycles. The van der Waals surface area contributed by atoms with E-state index in [-0.39, 0.29) is 0 Å². The first kappa shape index (κ1) is 7.94. The zero-order valence-electron chi connectivity index (χ0n) is 5.34. The molecule has 0 bridgehead atoms. The molecule has 1 heterocycles. The fourth-order valence-corrected chi connectivity index (χ4v) is 1.03. The van der Waals surface area contributed by atoms with Gasteiger partial charge in [0.15, 0.2) is 0 Å². The normalized spacial score (nSPS) is 20.7. The SMILES string of the molecule is COC1=CN(Cl)NN(Cl)C1. The van der Waals surface area contributed by atoms with Gasteiger partial charge in [-0.15, -0.1) is 10.1 Å². The van der Waals surface area contributed by atoms with Crippen molar-refractivity contribution >= 4 is 23.6 Å². The highest BCUT2D eigenvalue weighted by atomic mass is 35.5. The second kappa shape index (κ2) is 3.30. The highest BCUT2D eigenvalue weighted by molar-refractivity contribution is 6.15. The molecule has 0 radical (unpaired) electrons. The number of hydrogen-bond acceptors (Lipinski definition) is 4. The van der Waals surface area contributed by atoms with Gasteiger partial charge in [-0.3, -0.25) is 0 Å². The average molecular weight is 184 g/mol. The van der Waals surface area contributed by atoms with Gasteiger partial charge < -0.3 is 4.74 Å².